The van der Waals surface area contributed by atoms with E-state index < -0.39 is 0 Å². The van der Waals surface area contributed by atoms with Gasteiger partial charge in [-0.05, 0) is 57.5 Å². The van der Waals surface area contributed by atoms with Crippen LogP contribution < -0.4 is 0 Å². The fourth-order valence-electron chi connectivity index (χ4n) is 4.54. The quantitative estimate of drug-likeness (QED) is 0.856. The molecule has 26 heavy (non-hydrogen) atoms. The summed E-state index contributed by atoms with van der Waals surface area (Å²) in [6.45, 7) is 7.09. The Bertz CT molecular complexity index is 627. The molecule has 1 amide bonds. The lowest BCUT2D eigenvalue weighted by molar-refractivity contribution is 0.0768. The summed E-state index contributed by atoms with van der Waals surface area (Å²) in [6.07, 6.45) is 5.60. The largest absolute Gasteiger partial charge is 0.396 e. The Morgan fingerprint density at radius 1 is 1.15 bits per heavy atom. The molecule has 2 saturated heterocycles. The van der Waals surface area contributed by atoms with E-state index in [0.717, 1.165) is 45.0 Å². The summed E-state index contributed by atoms with van der Waals surface area (Å²) in [5.74, 6) is 0.708. The van der Waals surface area contributed by atoms with Crippen molar-refractivity contribution >= 4 is 5.91 Å². The molecule has 1 aromatic heterocycles. The van der Waals surface area contributed by atoms with Crippen LogP contribution in [0.15, 0.2) is 18.3 Å². The highest BCUT2D eigenvalue weighted by Crippen LogP contribution is 2.36. The fraction of sp³-hybridized carbons (Fsp3) is 0.750. The summed E-state index contributed by atoms with van der Waals surface area (Å²) in [4.78, 5) is 20.0. The SMILES string of the molecule is CN1CCCN(C[C@@H]2CN(C(=O)c3cccn3C3CC3)C[C@@H]2CO)CC1. The molecule has 1 aliphatic carbocycles. The lowest BCUT2D eigenvalue weighted by Gasteiger charge is -2.26. The second-order valence-electron chi connectivity index (χ2n) is 8.40. The number of aliphatic hydroxyl groups excluding tert-OH is 1. The average molecular weight is 361 g/mol. The minimum absolute atomic E-state index is 0.137. The molecule has 6 heteroatoms. The van der Waals surface area contributed by atoms with Crippen molar-refractivity contribution in [2.45, 2.75) is 25.3 Å². The number of carbonyl (C=O) groups excluding carboxylic acids is 1. The first-order valence-electron chi connectivity index (χ1n) is 10.1. The number of aromatic nitrogens is 1. The normalized spacial score (nSPS) is 28.5. The molecule has 3 heterocycles. The molecule has 2 aliphatic heterocycles. The van der Waals surface area contributed by atoms with Crippen molar-refractivity contribution in [3.8, 4) is 0 Å². The number of likely N-dealkylation sites (tertiary alicyclic amines) is 1. The van der Waals surface area contributed by atoms with Crippen LogP contribution in [0.4, 0.5) is 0 Å². The van der Waals surface area contributed by atoms with Crippen molar-refractivity contribution < 1.29 is 9.90 Å². The van der Waals surface area contributed by atoms with Gasteiger partial charge in [0.25, 0.3) is 5.91 Å². The number of likely N-dealkylation sites (N-methyl/N-ethyl adjacent to an activating group) is 1. The van der Waals surface area contributed by atoms with E-state index in [-0.39, 0.29) is 18.4 Å². The molecule has 144 valence electrons. The van der Waals surface area contributed by atoms with Crippen LogP contribution in [0.2, 0.25) is 0 Å². The minimum Gasteiger partial charge on any atom is -0.396 e. The molecular weight excluding hydrogens is 328 g/mol. The summed E-state index contributed by atoms with van der Waals surface area (Å²) in [6, 6.07) is 4.45. The van der Waals surface area contributed by atoms with Crippen molar-refractivity contribution in [1.82, 2.24) is 19.3 Å². The zero-order valence-electron chi connectivity index (χ0n) is 15.9. The Morgan fingerprint density at radius 3 is 2.73 bits per heavy atom. The van der Waals surface area contributed by atoms with Gasteiger partial charge in [-0.1, -0.05) is 0 Å². The molecule has 1 saturated carbocycles. The lowest BCUT2D eigenvalue weighted by atomic mass is 9.96. The van der Waals surface area contributed by atoms with Gasteiger partial charge in [0.2, 0.25) is 0 Å². The first kappa shape index (κ1) is 18.0. The van der Waals surface area contributed by atoms with Crippen LogP contribution in [0.1, 0.15) is 35.8 Å². The van der Waals surface area contributed by atoms with Gasteiger partial charge in [-0.15, -0.1) is 0 Å². The summed E-state index contributed by atoms with van der Waals surface area (Å²) in [5.41, 5.74) is 0.821. The third kappa shape index (κ3) is 3.82. The van der Waals surface area contributed by atoms with E-state index in [0.29, 0.717) is 18.5 Å². The molecule has 2 atom stereocenters. The lowest BCUT2D eigenvalue weighted by Crippen LogP contribution is -2.36. The van der Waals surface area contributed by atoms with Crippen LogP contribution in [0.3, 0.4) is 0 Å². The number of aliphatic hydroxyl groups is 1. The van der Waals surface area contributed by atoms with E-state index in [1.165, 1.54) is 19.3 Å². The Morgan fingerprint density at radius 2 is 1.96 bits per heavy atom. The predicted octanol–water partition coefficient (Wildman–Crippen LogP) is 1.14. The van der Waals surface area contributed by atoms with Gasteiger partial charge < -0.3 is 24.4 Å². The van der Waals surface area contributed by atoms with E-state index >= 15 is 0 Å². The third-order valence-corrected chi connectivity index (χ3v) is 6.34. The van der Waals surface area contributed by atoms with Crippen molar-refractivity contribution in [3.63, 3.8) is 0 Å². The first-order chi connectivity index (χ1) is 12.7. The highest BCUT2D eigenvalue weighted by atomic mass is 16.3. The van der Waals surface area contributed by atoms with Gasteiger partial charge in [0.05, 0.1) is 0 Å². The average Bonchev–Trinajstić information content (AvgIpc) is 3.28. The highest BCUT2D eigenvalue weighted by Gasteiger charge is 2.37. The van der Waals surface area contributed by atoms with Gasteiger partial charge in [-0.2, -0.15) is 0 Å². The molecule has 3 aliphatic rings. The molecule has 1 N–H and O–H groups in total. The standard InChI is InChI=1S/C20H32N4O2/c1-21-7-3-8-22(11-10-21)12-16-13-23(14-17(16)15-25)20(26)19-4-2-9-24(19)18-5-6-18/h2,4,9,16-18,25H,3,5-8,10-15H2,1H3/t16-,17-/m1/s1. The Balaban J connectivity index is 1.40. The number of nitrogens with zero attached hydrogens (tertiary/aromatic N) is 4. The molecule has 6 nitrogen and oxygen atoms in total. The van der Waals surface area contributed by atoms with Gasteiger partial charge in [-0.3, -0.25) is 4.79 Å². The zero-order valence-corrected chi connectivity index (χ0v) is 15.9. The number of rotatable bonds is 5. The number of carbonyl (C=O) groups is 1. The molecule has 4 rings (SSSR count). The molecular formula is C20H32N4O2. The Hall–Kier alpha value is -1.37. The van der Waals surface area contributed by atoms with Crippen molar-refractivity contribution in [2.75, 3.05) is 59.5 Å². The van der Waals surface area contributed by atoms with Gasteiger partial charge >= 0.3 is 0 Å². The topological polar surface area (TPSA) is 52.0 Å². The highest BCUT2D eigenvalue weighted by molar-refractivity contribution is 5.93. The second-order valence-corrected chi connectivity index (χ2v) is 8.40. The van der Waals surface area contributed by atoms with Gasteiger partial charge in [0.1, 0.15) is 5.69 Å². The first-order valence-corrected chi connectivity index (χ1v) is 10.1. The molecule has 0 radical (unpaired) electrons. The summed E-state index contributed by atoms with van der Waals surface area (Å²) in [7, 11) is 2.19. The molecule has 0 spiro atoms. The third-order valence-electron chi connectivity index (χ3n) is 6.34. The van der Waals surface area contributed by atoms with Crippen LogP contribution in [0, 0.1) is 11.8 Å². The summed E-state index contributed by atoms with van der Waals surface area (Å²) >= 11 is 0. The van der Waals surface area contributed by atoms with Crippen LogP contribution in [0.25, 0.3) is 0 Å². The molecule has 3 fully saturated rings. The van der Waals surface area contributed by atoms with Gasteiger partial charge in [0, 0.05) is 57.5 Å². The predicted molar refractivity (Wildman–Crippen MR) is 101 cm³/mol. The van der Waals surface area contributed by atoms with E-state index in [1.54, 1.807) is 0 Å². The Kier molecular flexibility index (Phi) is 5.34. The van der Waals surface area contributed by atoms with Gasteiger partial charge in [-0.25, -0.2) is 0 Å². The maximum atomic E-state index is 13.1. The zero-order chi connectivity index (χ0) is 18.1. The smallest absolute Gasteiger partial charge is 0.270 e. The summed E-state index contributed by atoms with van der Waals surface area (Å²) in [5, 5.41) is 9.88. The number of hydrogen-bond acceptors (Lipinski definition) is 4. The van der Waals surface area contributed by atoms with E-state index in [1.807, 2.05) is 23.2 Å². The fourth-order valence-corrected chi connectivity index (χ4v) is 4.54. The molecule has 0 unspecified atom stereocenters. The molecule has 0 aromatic carbocycles. The van der Waals surface area contributed by atoms with Gasteiger partial charge in [0.15, 0.2) is 0 Å². The minimum atomic E-state index is 0.137. The number of hydrogen-bond donors (Lipinski definition) is 1. The second kappa shape index (κ2) is 7.71. The Labute approximate surface area is 156 Å². The van der Waals surface area contributed by atoms with Crippen molar-refractivity contribution in [2.24, 2.45) is 11.8 Å². The van der Waals surface area contributed by atoms with E-state index in [2.05, 4.69) is 21.4 Å². The molecule has 1 aromatic rings. The maximum Gasteiger partial charge on any atom is 0.270 e. The van der Waals surface area contributed by atoms with E-state index in [4.69, 9.17) is 0 Å². The maximum absolute atomic E-state index is 13.1. The monoisotopic (exact) mass is 360 g/mol. The van der Waals surface area contributed by atoms with Crippen molar-refractivity contribution in [3.05, 3.63) is 24.0 Å². The van der Waals surface area contributed by atoms with Crippen LogP contribution in [0.5, 0.6) is 0 Å². The van der Waals surface area contributed by atoms with E-state index in [9.17, 15) is 9.90 Å². The van der Waals surface area contributed by atoms with Crippen molar-refractivity contribution in [1.29, 1.82) is 0 Å². The van der Waals surface area contributed by atoms with Crippen LogP contribution in [-0.2, 0) is 0 Å². The van der Waals surface area contributed by atoms with Crippen LogP contribution >= 0.6 is 0 Å². The number of amides is 1. The van der Waals surface area contributed by atoms with Crippen LogP contribution in [-0.4, -0.2) is 89.7 Å². The molecule has 0 bridgehead atoms. The summed E-state index contributed by atoms with van der Waals surface area (Å²) < 4.78 is 2.15.